The number of amides is 3. The van der Waals surface area contributed by atoms with Crippen molar-refractivity contribution in [1.82, 2.24) is 9.80 Å². The van der Waals surface area contributed by atoms with Crippen LogP contribution in [-0.4, -0.2) is 35.8 Å². The van der Waals surface area contributed by atoms with E-state index in [-0.39, 0.29) is 11.9 Å². The van der Waals surface area contributed by atoms with E-state index in [9.17, 15) is 9.59 Å². The SMILES string of the molecule is CN1C(=O)N(C)C(C)(c2ccc(Cl)cc2)C1=O. The van der Waals surface area contributed by atoms with Crippen molar-refractivity contribution in [3.63, 3.8) is 0 Å². The van der Waals surface area contributed by atoms with Gasteiger partial charge >= 0.3 is 6.03 Å². The highest BCUT2D eigenvalue weighted by atomic mass is 35.5. The van der Waals surface area contributed by atoms with Gasteiger partial charge in [-0.25, -0.2) is 4.79 Å². The summed E-state index contributed by atoms with van der Waals surface area (Å²) < 4.78 is 0. The summed E-state index contributed by atoms with van der Waals surface area (Å²) in [6.45, 7) is 1.74. The van der Waals surface area contributed by atoms with Gasteiger partial charge in [-0.1, -0.05) is 23.7 Å². The van der Waals surface area contributed by atoms with Crippen molar-refractivity contribution >= 4 is 23.5 Å². The minimum Gasteiger partial charge on any atom is -0.309 e. The lowest BCUT2D eigenvalue weighted by atomic mass is 9.91. The van der Waals surface area contributed by atoms with Crippen LogP contribution in [0.2, 0.25) is 5.02 Å². The molecule has 1 fully saturated rings. The van der Waals surface area contributed by atoms with Crippen LogP contribution in [0.3, 0.4) is 0 Å². The molecule has 2 rings (SSSR count). The van der Waals surface area contributed by atoms with Crippen molar-refractivity contribution in [2.75, 3.05) is 14.1 Å². The van der Waals surface area contributed by atoms with Gasteiger partial charge in [-0.05, 0) is 24.6 Å². The summed E-state index contributed by atoms with van der Waals surface area (Å²) in [7, 11) is 3.11. The Kier molecular flexibility index (Phi) is 2.62. The van der Waals surface area contributed by atoms with Crippen LogP contribution in [0.4, 0.5) is 4.79 Å². The van der Waals surface area contributed by atoms with Gasteiger partial charge in [0.05, 0.1) is 0 Å². The van der Waals surface area contributed by atoms with E-state index >= 15 is 0 Å². The predicted molar refractivity (Wildman–Crippen MR) is 64.7 cm³/mol. The van der Waals surface area contributed by atoms with Gasteiger partial charge in [0.1, 0.15) is 5.54 Å². The Morgan fingerprint density at radius 1 is 1.12 bits per heavy atom. The Hall–Kier alpha value is -1.55. The highest BCUT2D eigenvalue weighted by Crippen LogP contribution is 2.35. The van der Waals surface area contributed by atoms with E-state index in [4.69, 9.17) is 11.6 Å². The third-order valence-corrected chi connectivity index (χ3v) is 3.62. The second-order valence-electron chi connectivity index (χ2n) is 4.28. The monoisotopic (exact) mass is 252 g/mol. The first-order valence-electron chi connectivity index (χ1n) is 5.21. The number of nitrogens with zero attached hydrogens (tertiary/aromatic N) is 2. The van der Waals surface area contributed by atoms with E-state index in [2.05, 4.69) is 0 Å². The van der Waals surface area contributed by atoms with Crippen LogP contribution in [0.15, 0.2) is 24.3 Å². The van der Waals surface area contributed by atoms with Gasteiger partial charge in [-0.15, -0.1) is 0 Å². The number of likely N-dealkylation sites (N-methyl/N-ethyl adjacent to an activating group) is 2. The summed E-state index contributed by atoms with van der Waals surface area (Å²) in [5.41, 5.74) is -0.191. The van der Waals surface area contributed by atoms with Crippen LogP contribution in [0.5, 0.6) is 0 Å². The van der Waals surface area contributed by atoms with Crippen LogP contribution in [0, 0.1) is 0 Å². The summed E-state index contributed by atoms with van der Waals surface area (Å²) in [4.78, 5) is 26.5. The molecule has 0 spiro atoms. The van der Waals surface area contributed by atoms with E-state index < -0.39 is 5.54 Å². The van der Waals surface area contributed by atoms with Crippen molar-refractivity contribution in [3.8, 4) is 0 Å². The Morgan fingerprint density at radius 2 is 1.65 bits per heavy atom. The first kappa shape index (κ1) is 11.9. The average molecular weight is 253 g/mol. The van der Waals surface area contributed by atoms with Crippen molar-refractivity contribution in [2.24, 2.45) is 0 Å². The van der Waals surface area contributed by atoms with E-state index in [0.717, 1.165) is 10.5 Å². The van der Waals surface area contributed by atoms with E-state index in [1.165, 1.54) is 11.9 Å². The van der Waals surface area contributed by atoms with E-state index in [0.29, 0.717) is 5.02 Å². The van der Waals surface area contributed by atoms with Gasteiger partial charge in [-0.3, -0.25) is 9.69 Å². The van der Waals surface area contributed by atoms with Crippen LogP contribution in [-0.2, 0) is 10.3 Å². The molecule has 1 aliphatic rings. The normalized spacial score (nSPS) is 24.7. The zero-order chi connectivity index (χ0) is 12.8. The smallest absolute Gasteiger partial charge is 0.309 e. The molecule has 0 radical (unpaired) electrons. The Labute approximate surface area is 105 Å². The molecule has 1 saturated heterocycles. The first-order valence-corrected chi connectivity index (χ1v) is 5.59. The van der Waals surface area contributed by atoms with Gasteiger partial charge in [-0.2, -0.15) is 0 Å². The molecule has 0 N–H and O–H groups in total. The molecule has 5 heteroatoms. The number of hydrogen-bond acceptors (Lipinski definition) is 2. The fraction of sp³-hybridized carbons (Fsp3) is 0.333. The van der Waals surface area contributed by atoms with Crippen LogP contribution < -0.4 is 0 Å². The number of imide groups is 1. The molecule has 0 aliphatic carbocycles. The lowest BCUT2D eigenvalue weighted by Gasteiger charge is -2.28. The fourth-order valence-corrected chi connectivity index (χ4v) is 2.19. The Morgan fingerprint density at radius 3 is 2.06 bits per heavy atom. The molecule has 90 valence electrons. The summed E-state index contributed by atoms with van der Waals surface area (Å²) in [5.74, 6) is -0.229. The maximum atomic E-state index is 12.2. The molecule has 1 unspecified atom stereocenters. The Bertz CT molecular complexity index is 486. The Balaban J connectivity index is 2.52. The second-order valence-corrected chi connectivity index (χ2v) is 4.72. The molecule has 0 bridgehead atoms. The van der Waals surface area contributed by atoms with Crippen molar-refractivity contribution < 1.29 is 9.59 Å². The molecule has 3 amide bonds. The van der Waals surface area contributed by atoms with Crippen LogP contribution in [0.25, 0.3) is 0 Å². The van der Waals surface area contributed by atoms with Crippen LogP contribution in [0.1, 0.15) is 12.5 Å². The molecule has 1 heterocycles. The summed E-state index contributed by atoms with van der Waals surface area (Å²) in [5, 5.41) is 0.602. The quantitative estimate of drug-likeness (QED) is 0.718. The maximum Gasteiger partial charge on any atom is 0.327 e. The summed E-state index contributed by atoms with van der Waals surface area (Å²) >= 11 is 5.82. The van der Waals surface area contributed by atoms with Gasteiger partial charge in [0.15, 0.2) is 0 Å². The van der Waals surface area contributed by atoms with E-state index in [1.807, 2.05) is 0 Å². The minimum atomic E-state index is -0.948. The molecule has 4 nitrogen and oxygen atoms in total. The topological polar surface area (TPSA) is 40.6 Å². The number of benzene rings is 1. The van der Waals surface area contributed by atoms with Crippen molar-refractivity contribution in [2.45, 2.75) is 12.5 Å². The molecule has 1 aromatic carbocycles. The lowest BCUT2D eigenvalue weighted by molar-refractivity contribution is -0.131. The number of carbonyl (C=O) groups is 2. The van der Waals surface area contributed by atoms with Gasteiger partial charge in [0, 0.05) is 19.1 Å². The average Bonchev–Trinajstić information content (AvgIpc) is 2.47. The second kappa shape index (κ2) is 3.74. The lowest BCUT2D eigenvalue weighted by Crippen LogP contribution is -2.41. The molecule has 1 aromatic rings. The molecular weight excluding hydrogens is 240 g/mol. The van der Waals surface area contributed by atoms with Gasteiger partial charge in [0.2, 0.25) is 0 Å². The number of hydrogen-bond donors (Lipinski definition) is 0. The number of halogens is 1. The van der Waals surface area contributed by atoms with Gasteiger partial charge < -0.3 is 4.90 Å². The standard InChI is InChI=1S/C12H13ClN2O2/c1-12(8-4-6-9(13)7-5-8)10(16)14(2)11(17)15(12)3/h4-7H,1-3H3. The van der Waals surface area contributed by atoms with Gasteiger partial charge in [0.25, 0.3) is 5.91 Å². The van der Waals surface area contributed by atoms with Crippen molar-refractivity contribution in [1.29, 1.82) is 0 Å². The number of urea groups is 1. The number of carbonyl (C=O) groups excluding carboxylic acids is 2. The zero-order valence-corrected chi connectivity index (χ0v) is 10.7. The molecule has 17 heavy (non-hydrogen) atoms. The molecule has 0 saturated carbocycles. The zero-order valence-electron chi connectivity index (χ0n) is 9.90. The fourth-order valence-electron chi connectivity index (χ4n) is 2.06. The molecule has 1 atom stereocenters. The largest absolute Gasteiger partial charge is 0.327 e. The summed E-state index contributed by atoms with van der Waals surface area (Å²) in [6.07, 6.45) is 0. The molecule has 0 aromatic heterocycles. The third-order valence-electron chi connectivity index (χ3n) is 3.37. The van der Waals surface area contributed by atoms with Crippen molar-refractivity contribution in [3.05, 3.63) is 34.9 Å². The van der Waals surface area contributed by atoms with E-state index in [1.54, 1.807) is 38.2 Å². The number of rotatable bonds is 1. The molecular formula is C12H13ClN2O2. The highest BCUT2D eigenvalue weighted by molar-refractivity contribution is 6.30. The molecule has 1 aliphatic heterocycles. The van der Waals surface area contributed by atoms with Crippen LogP contribution >= 0.6 is 11.6 Å². The minimum absolute atomic E-state index is 0.229. The predicted octanol–water partition coefficient (Wildman–Crippen LogP) is 2.08. The summed E-state index contributed by atoms with van der Waals surface area (Å²) in [6, 6.07) is 6.66. The highest BCUT2D eigenvalue weighted by Gasteiger charge is 2.52. The first-order chi connectivity index (χ1) is 7.89. The third kappa shape index (κ3) is 1.52. The maximum absolute atomic E-state index is 12.2.